The predicted octanol–water partition coefficient (Wildman–Crippen LogP) is -1.29. The van der Waals surface area contributed by atoms with Gasteiger partial charge in [0.1, 0.15) is 0 Å². The van der Waals surface area contributed by atoms with Crippen LogP contribution in [0.1, 0.15) is 6.42 Å². The molecule has 34 valence electrons. The molecule has 0 heterocycles. The van der Waals surface area contributed by atoms with Crippen molar-refractivity contribution in [1.29, 1.82) is 0 Å². The molecule has 0 saturated heterocycles. The van der Waals surface area contributed by atoms with E-state index in [9.17, 15) is 0 Å². The average Bonchev–Trinajstić information content (AvgIpc) is 1.41. The quantitative estimate of drug-likeness (QED) is 0.441. The van der Waals surface area contributed by atoms with Gasteiger partial charge in [-0.05, 0) is 6.42 Å². The molecular formula is C3H9KO2. The van der Waals surface area contributed by atoms with Crippen molar-refractivity contribution in [2.45, 2.75) is 6.42 Å². The first-order chi connectivity index (χ1) is 2.41. The zero-order valence-corrected chi connectivity index (χ0v) is 3.02. The van der Waals surface area contributed by atoms with Gasteiger partial charge in [-0.1, -0.05) is 0 Å². The summed E-state index contributed by atoms with van der Waals surface area (Å²) in [7, 11) is 0. The number of hydrogen-bond acceptors (Lipinski definition) is 2. The maximum atomic E-state index is 7.91. The van der Waals surface area contributed by atoms with E-state index in [0.717, 1.165) is 0 Å². The van der Waals surface area contributed by atoms with Crippen molar-refractivity contribution in [1.82, 2.24) is 0 Å². The van der Waals surface area contributed by atoms with Gasteiger partial charge in [0.05, 0.1) is 0 Å². The van der Waals surface area contributed by atoms with E-state index in [-0.39, 0.29) is 64.6 Å². The second kappa shape index (κ2) is 9.75. The molecule has 0 aromatic carbocycles. The Kier molecular flexibility index (Phi) is 17.1. The Morgan fingerprint density at radius 3 is 1.33 bits per heavy atom. The third-order valence-corrected chi connectivity index (χ3v) is 0.316. The van der Waals surface area contributed by atoms with Gasteiger partial charge in [0.25, 0.3) is 0 Å². The van der Waals surface area contributed by atoms with Gasteiger partial charge in [-0.3, -0.25) is 0 Å². The summed E-state index contributed by atoms with van der Waals surface area (Å²) in [5.41, 5.74) is 0. The molecule has 0 saturated carbocycles. The van der Waals surface area contributed by atoms with Crippen LogP contribution in [0.3, 0.4) is 0 Å². The second-order valence-electron chi connectivity index (χ2n) is 0.801. The van der Waals surface area contributed by atoms with Crippen molar-refractivity contribution in [3.05, 3.63) is 0 Å². The standard InChI is InChI=1S/C3H8O2.K.H/c4-2-1-3-5;;/h4-5H,1-3H2;;. The number of aliphatic hydroxyl groups excluding tert-OH is 2. The van der Waals surface area contributed by atoms with Crippen molar-refractivity contribution in [2.75, 3.05) is 13.2 Å². The zero-order chi connectivity index (χ0) is 4.12. The second-order valence-corrected chi connectivity index (χ2v) is 0.801. The van der Waals surface area contributed by atoms with E-state index >= 15 is 0 Å². The van der Waals surface area contributed by atoms with Crippen LogP contribution in [0.25, 0.3) is 0 Å². The van der Waals surface area contributed by atoms with Crippen LogP contribution < -0.4 is 0 Å². The van der Waals surface area contributed by atoms with Gasteiger partial charge in [-0.25, -0.2) is 0 Å². The van der Waals surface area contributed by atoms with E-state index in [1.807, 2.05) is 0 Å². The minimum absolute atomic E-state index is 0. The summed E-state index contributed by atoms with van der Waals surface area (Å²) >= 11 is 0. The Bertz CT molecular complexity index is 16.3. The summed E-state index contributed by atoms with van der Waals surface area (Å²) < 4.78 is 0. The molecule has 0 aromatic rings. The van der Waals surface area contributed by atoms with E-state index in [4.69, 9.17) is 10.2 Å². The third kappa shape index (κ3) is 9.12. The summed E-state index contributed by atoms with van der Waals surface area (Å²) in [6.45, 7) is 0.188. The molecule has 2 nitrogen and oxygen atoms in total. The molecule has 0 bridgehead atoms. The molecule has 0 fully saturated rings. The van der Waals surface area contributed by atoms with Gasteiger partial charge in [-0.2, -0.15) is 0 Å². The summed E-state index contributed by atoms with van der Waals surface area (Å²) in [6, 6.07) is 0. The Hall–Kier alpha value is 1.56. The SMILES string of the molecule is OCCCO.[KH]. The Morgan fingerprint density at radius 1 is 1.00 bits per heavy atom. The maximum absolute atomic E-state index is 7.91. The van der Waals surface area contributed by atoms with E-state index in [1.165, 1.54) is 0 Å². The summed E-state index contributed by atoms with van der Waals surface area (Å²) in [5.74, 6) is 0. The fourth-order valence-electron chi connectivity index (χ4n) is 0.0707. The van der Waals surface area contributed by atoms with Crippen LogP contribution >= 0.6 is 0 Å². The minimum atomic E-state index is 0. The van der Waals surface area contributed by atoms with Crippen molar-refractivity contribution < 1.29 is 10.2 Å². The zero-order valence-electron chi connectivity index (χ0n) is 3.02. The molecule has 2 N–H and O–H groups in total. The molecule has 0 aliphatic carbocycles. The molecule has 0 amide bonds. The molecule has 3 heteroatoms. The molecule has 0 atom stereocenters. The average molecular weight is 116 g/mol. The van der Waals surface area contributed by atoms with Crippen LogP contribution in [-0.4, -0.2) is 74.8 Å². The Labute approximate surface area is 80.0 Å². The van der Waals surface area contributed by atoms with Crippen molar-refractivity contribution in [3.8, 4) is 0 Å². The van der Waals surface area contributed by atoms with Gasteiger partial charge in [0.2, 0.25) is 0 Å². The molecule has 0 unspecified atom stereocenters. The van der Waals surface area contributed by atoms with E-state index < -0.39 is 0 Å². The number of aliphatic hydroxyl groups is 2. The van der Waals surface area contributed by atoms with Gasteiger partial charge < -0.3 is 10.2 Å². The predicted molar refractivity (Wildman–Crippen MR) is 25.9 cm³/mol. The van der Waals surface area contributed by atoms with Crippen LogP contribution in [0.4, 0.5) is 0 Å². The van der Waals surface area contributed by atoms with E-state index in [1.54, 1.807) is 0 Å². The first-order valence-electron chi connectivity index (χ1n) is 1.63. The normalized spacial score (nSPS) is 7.00. The number of rotatable bonds is 2. The first kappa shape index (κ1) is 10.5. The Balaban J connectivity index is 0. The fourth-order valence-corrected chi connectivity index (χ4v) is 0.0707. The molecule has 0 rings (SSSR count). The van der Waals surface area contributed by atoms with Crippen LogP contribution in [0.2, 0.25) is 0 Å². The van der Waals surface area contributed by atoms with Crippen LogP contribution in [0.15, 0.2) is 0 Å². The Morgan fingerprint density at radius 2 is 1.33 bits per heavy atom. The molecule has 0 radical (unpaired) electrons. The monoisotopic (exact) mass is 116 g/mol. The van der Waals surface area contributed by atoms with Crippen LogP contribution in [-0.2, 0) is 0 Å². The topological polar surface area (TPSA) is 40.5 Å². The molecule has 6 heavy (non-hydrogen) atoms. The van der Waals surface area contributed by atoms with Crippen molar-refractivity contribution >= 4 is 51.4 Å². The molecule has 0 aromatic heterocycles. The summed E-state index contributed by atoms with van der Waals surface area (Å²) in [5, 5.41) is 15.8. The molecular weight excluding hydrogens is 107 g/mol. The van der Waals surface area contributed by atoms with Gasteiger partial charge in [0.15, 0.2) is 0 Å². The van der Waals surface area contributed by atoms with Crippen LogP contribution in [0, 0.1) is 0 Å². The van der Waals surface area contributed by atoms with Crippen molar-refractivity contribution in [3.63, 3.8) is 0 Å². The first-order valence-corrected chi connectivity index (χ1v) is 1.63. The fraction of sp³-hybridized carbons (Fsp3) is 1.00. The third-order valence-electron chi connectivity index (χ3n) is 0.316. The van der Waals surface area contributed by atoms with Gasteiger partial charge in [-0.15, -0.1) is 0 Å². The van der Waals surface area contributed by atoms with E-state index in [0.29, 0.717) is 6.42 Å². The van der Waals surface area contributed by atoms with E-state index in [2.05, 4.69) is 0 Å². The van der Waals surface area contributed by atoms with Gasteiger partial charge >= 0.3 is 51.4 Å². The van der Waals surface area contributed by atoms with Crippen LogP contribution in [0.5, 0.6) is 0 Å². The van der Waals surface area contributed by atoms with Gasteiger partial charge in [0, 0.05) is 13.2 Å². The van der Waals surface area contributed by atoms with Crippen molar-refractivity contribution in [2.24, 2.45) is 0 Å². The molecule has 0 aliphatic rings. The summed E-state index contributed by atoms with van der Waals surface area (Å²) in [4.78, 5) is 0. The molecule has 0 spiro atoms. The molecule has 0 aliphatic heterocycles. The number of hydrogen-bond donors (Lipinski definition) is 2. The summed E-state index contributed by atoms with van der Waals surface area (Å²) in [6.07, 6.45) is 0.500.